The second kappa shape index (κ2) is 5.96. The molecule has 2 N–H and O–H groups in total. The van der Waals surface area contributed by atoms with E-state index in [4.69, 9.17) is 0 Å². The molecule has 1 amide bonds. The number of carbonyl (C=O) groups is 1. The largest absolute Gasteiger partial charge is 0.380 e. The van der Waals surface area contributed by atoms with E-state index in [1.165, 1.54) is 18.3 Å². The van der Waals surface area contributed by atoms with Crippen LogP contribution in [-0.4, -0.2) is 5.91 Å². The van der Waals surface area contributed by atoms with E-state index in [0.29, 0.717) is 5.69 Å². The highest BCUT2D eigenvalue weighted by Crippen LogP contribution is 2.24. The van der Waals surface area contributed by atoms with Gasteiger partial charge in [0.2, 0.25) is 5.91 Å². The first kappa shape index (κ1) is 14.4. The molecular weight excluding hydrogens is 289 g/mol. The zero-order chi connectivity index (χ0) is 14.7. The molecule has 0 atom stereocenters. The van der Waals surface area contributed by atoms with E-state index in [0.717, 1.165) is 17.0 Å². The molecule has 1 aromatic carbocycles. The Morgan fingerprint density at radius 2 is 1.90 bits per heavy atom. The van der Waals surface area contributed by atoms with Gasteiger partial charge in [0.15, 0.2) is 17.5 Å². The van der Waals surface area contributed by atoms with E-state index >= 15 is 0 Å². The van der Waals surface area contributed by atoms with Crippen molar-refractivity contribution < 1.29 is 18.0 Å². The Kier molecular flexibility index (Phi) is 4.29. The van der Waals surface area contributed by atoms with Crippen LogP contribution in [0.2, 0.25) is 0 Å². The molecule has 0 fully saturated rings. The molecule has 0 spiro atoms. The molecule has 0 aliphatic carbocycles. The van der Waals surface area contributed by atoms with Crippen LogP contribution in [0.15, 0.2) is 23.6 Å². The number of hydrogen-bond acceptors (Lipinski definition) is 3. The number of rotatable bonds is 4. The number of thiophene rings is 1. The van der Waals surface area contributed by atoms with Crippen LogP contribution in [0.25, 0.3) is 0 Å². The minimum Gasteiger partial charge on any atom is -0.380 e. The maximum atomic E-state index is 13.0. The number of halogens is 3. The molecular formula is C13H11F3N2OS. The minimum absolute atomic E-state index is 0.128. The average Bonchev–Trinajstić information content (AvgIpc) is 2.79. The summed E-state index contributed by atoms with van der Waals surface area (Å²) >= 11 is 1.38. The van der Waals surface area contributed by atoms with Gasteiger partial charge in [0, 0.05) is 29.6 Å². The highest BCUT2D eigenvalue weighted by molar-refractivity contribution is 7.10. The van der Waals surface area contributed by atoms with Gasteiger partial charge in [-0.1, -0.05) is 0 Å². The molecule has 0 radical (unpaired) electrons. The maximum absolute atomic E-state index is 13.0. The monoisotopic (exact) mass is 300 g/mol. The molecule has 2 rings (SSSR count). The number of hydrogen-bond donors (Lipinski definition) is 2. The van der Waals surface area contributed by atoms with Crippen LogP contribution in [-0.2, 0) is 11.3 Å². The molecule has 3 nitrogen and oxygen atoms in total. The quantitative estimate of drug-likeness (QED) is 0.845. The molecule has 0 aliphatic heterocycles. The maximum Gasteiger partial charge on any atom is 0.221 e. The second-order valence-corrected chi connectivity index (χ2v) is 5.05. The Labute approximate surface area is 117 Å². The molecule has 20 heavy (non-hydrogen) atoms. The number of carbonyl (C=O) groups excluding carboxylic acids is 1. The minimum atomic E-state index is -1.49. The van der Waals surface area contributed by atoms with Gasteiger partial charge < -0.3 is 10.6 Å². The van der Waals surface area contributed by atoms with Crippen molar-refractivity contribution in [3.63, 3.8) is 0 Å². The van der Waals surface area contributed by atoms with Crippen molar-refractivity contribution >= 4 is 28.6 Å². The molecule has 106 valence electrons. The number of anilines is 2. The summed E-state index contributed by atoms with van der Waals surface area (Å²) < 4.78 is 38.9. The van der Waals surface area contributed by atoms with Crippen molar-refractivity contribution in [1.82, 2.24) is 0 Å². The Hall–Kier alpha value is -2.02. The Morgan fingerprint density at radius 1 is 1.25 bits per heavy atom. The lowest BCUT2D eigenvalue weighted by Gasteiger charge is -2.08. The first-order valence-electron chi connectivity index (χ1n) is 5.69. The summed E-state index contributed by atoms with van der Waals surface area (Å²) in [6, 6.07) is 3.49. The number of nitrogens with one attached hydrogen (secondary N) is 2. The van der Waals surface area contributed by atoms with Crippen molar-refractivity contribution in [3.8, 4) is 0 Å². The van der Waals surface area contributed by atoms with Gasteiger partial charge in [-0.25, -0.2) is 13.2 Å². The van der Waals surface area contributed by atoms with Crippen molar-refractivity contribution in [2.75, 3.05) is 10.6 Å². The van der Waals surface area contributed by atoms with E-state index in [9.17, 15) is 18.0 Å². The summed E-state index contributed by atoms with van der Waals surface area (Å²) in [7, 11) is 0. The molecule has 0 saturated carbocycles. The van der Waals surface area contributed by atoms with Crippen LogP contribution in [0.3, 0.4) is 0 Å². The topological polar surface area (TPSA) is 41.1 Å². The molecule has 0 unspecified atom stereocenters. The predicted octanol–water partition coefficient (Wildman–Crippen LogP) is 3.74. The van der Waals surface area contributed by atoms with E-state index < -0.39 is 17.5 Å². The molecule has 1 aromatic heterocycles. The van der Waals surface area contributed by atoms with Gasteiger partial charge in [-0.15, -0.1) is 11.3 Å². The third-order valence-electron chi connectivity index (χ3n) is 2.49. The zero-order valence-corrected chi connectivity index (χ0v) is 11.3. The normalized spacial score (nSPS) is 10.4. The lowest BCUT2D eigenvalue weighted by molar-refractivity contribution is -0.114. The van der Waals surface area contributed by atoms with Gasteiger partial charge in [0.25, 0.3) is 0 Å². The summed E-state index contributed by atoms with van der Waals surface area (Å²) in [6.07, 6.45) is 0. The Balaban J connectivity index is 2.09. The van der Waals surface area contributed by atoms with E-state index in [-0.39, 0.29) is 18.1 Å². The summed E-state index contributed by atoms with van der Waals surface area (Å²) in [4.78, 5) is 11.8. The molecule has 7 heteroatoms. The Morgan fingerprint density at radius 3 is 2.50 bits per heavy atom. The number of amides is 1. The lowest BCUT2D eigenvalue weighted by Crippen LogP contribution is -2.08. The fourth-order valence-electron chi connectivity index (χ4n) is 1.62. The summed E-state index contributed by atoms with van der Waals surface area (Å²) in [5.74, 6) is -4.20. The highest BCUT2D eigenvalue weighted by atomic mass is 32.1. The van der Waals surface area contributed by atoms with Gasteiger partial charge in [-0.2, -0.15) is 0 Å². The Bertz CT molecular complexity index is 619. The highest BCUT2D eigenvalue weighted by Gasteiger charge is 2.11. The standard InChI is InChI=1S/C13H11F3N2OS/c1-7(19)18-11-2-3-20-12(11)6-17-8-4-9(14)13(16)10(15)5-8/h2-5,17H,6H2,1H3,(H,18,19). The van der Waals surface area contributed by atoms with Crippen LogP contribution in [0, 0.1) is 17.5 Å². The SMILES string of the molecule is CC(=O)Nc1ccsc1CNc1cc(F)c(F)c(F)c1. The third kappa shape index (κ3) is 3.30. The first-order valence-corrected chi connectivity index (χ1v) is 6.57. The summed E-state index contributed by atoms with van der Waals surface area (Å²) in [5.41, 5.74) is 0.765. The van der Waals surface area contributed by atoms with Crippen LogP contribution < -0.4 is 10.6 Å². The van der Waals surface area contributed by atoms with E-state index in [1.807, 2.05) is 0 Å². The molecule has 0 saturated heterocycles. The van der Waals surface area contributed by atoms with E-state index in [1.54, 1.807) is 11.4 Å². The molecule has 1 heterocycles. The second-order valence-electron chi connectivity index (χ2n) is 4.05. The van der Waals surface area contributed by atoms with E-state index in [2.05, 4.69) is 10.6 Å². The zero-order valence-electron chi connectivity index (χ0n) is 10.5. The van der Waals surface area contributed by atoms with Crippen LogP contribution in [0.5, 0.6) is 0 Å². The van der Waals surface area contributed by atoms with Gasteiger partial charge in [0.05, 0.1) is 12.2 Å². The van der Waals surface area contributed by atoms with Gasteiger partial charge in [0.1, 0.15) is 0 Å². The van der Waals surface area contributed by atoms with Gasteiger partial charge in [-0.3, -0.25) is 4.79 Å². The fraction of sp³-hybridized carbons (Fsp3) is 0.154. The average molecular weight is 300 g/mol. The van der Waals surface area contributed by atoms with Gasteiger partial charge in [-0.05, 0) is 11.4 Å². The third-order valence-corrected chi connectivity index (χ3v) is 3.41. The number of benzene rings is 1. The van der Waals surface area contributed by atoms with Gasteiger partial charge >= 0.3 is 0 Å². The van der Waals surface area contributed by atoms with Crippen molar-refractivity contribution in [1.29, 1.82) is 0 Å². The molecule has 2 aromatic rings. The molecule has 0 aliphatic rings. The van der Waals surface area contributed by atoms with Crippen molar-refractivity contribution in [3.05, 3.63) is 45.9 Å². The van der Waals surface area contributed by atoms with Crippen LogP contribution >= 0.6 is 11.3 Å². The lowest BCUT2D eigenvalue weighted by atomic mass is 10.2. The van der Waals surface area contributed by atoms with Crippen molar-refractivity contribution in [2.24, 2.45) is 0 Å². The molecule has 0 bridgehead atoms. The van der Waals surface area contributed by atoms with Crippen molar-refractivity contribution in [2.45, 2.75) is 13.5 Å². The smallest absolute Gasteiger partial charge is 0.221 e. The summed E-state index contributed by atoms with van der Waals surface area (Å²) in [6.45, 7) is 1.65. The predicted molar refractivity (Wildman–Crippen MR) is 72.3 cm³/mol. The fourth-order valence-corrected chi connectivity index (χ4v) is 2.39. The first-order chi connectivity index (χ1) is 9.47. The van der Waals surface area contributed by atoms with Crippen LogP contribution in [0.1, 0.15) is 11.8 Å². The summed E-state index contributed by atoms with van der Waals surface area (Å²) in [5, 5.41) is 7.21. The van der Waals surface area contributed by atoms with Crippen LogP contribution in [0.4, 0.5) is 24.5 Å².